The third-order valence-electron chi connectivity index (χ3n) is 3.51. The van der Waals surface area contributed by atoms with Crippen LogP contribution in [0.25, 0.3) is 0 Å². The quantitative estimate of drug-likeness (QED) is 0.695. The maximum Gasteiger partial charge on any atom is 0.0462 e. The Morgan fingerprint density at radius 3 is 2.62 bits per heavy atom. The van der Waals surface area contributed by atoms with Crippen molar-refractivity contribution in [2.75, 3.05) is 6.54 Å². The van der Waals surface area contributed by atoms with E-state index in [9.17, 15) is 0 Å². The van der Waals surface area contributed by atoms with Gasteiger partial charge in [-0.05, 0) is 67.8 Å². The summed E-state index contributed by atoms with van der Waals surface area (Å²) in [7, 11) is 0. The van der Waals surface area contributed by atoms with Gasteiger partial charge in [0.2, 0.25) is 0 Å². The average molecular weight is 320 g/mol. The molecule has 0 spiro atoms. The Morgan fingerprint density at radius 1 is 1.10 bits per heavy atom. The largest absolute Gasteiger partial charge is 0.313 e. The van der Waals surface area contributed by atoms with Crippen molar-refractivity contribution >= 4 is 23.4 Å². The summed E-state index contributed by atoms with van der Waals surface area (Å²) in [5.41, 5.74) is 3.85. The molecule has 0 fully saturated rings. The van der Waals surface area contributed by atoms with Crippen molar-refractivity contribution in [2.45, 2.75) is 43.5 Å². The van der Waals surface area contributed by atoms with Gasteiger partial charge in [-0.3, -0.25) is 0 Å². The van der Waals surface area contributed by atoms with Crippen LogP contribution < -0.4 is 5.32 Å². The summed E-state index contributed by atoms with van der Waals surface area (Å²) in [6.45, 7) is 8.30. The van der Waals surface area contributed by atoms with Crippen molar-refractivity contribution in [3.05, 3.63) is 58.1 Å². The van der Waals surface area contributed by atoms with E-state index in [4.69, 9.17) is 11.6 Å². The second-order valence-electron chi connectivity index (χ2n) is 5.24. The van der Waals surface area contributed by atoms with Crippen LogP contribution in [-0.2, 0) is 6.54 Å². The van der Waals surface area contributed by atoms with Crippen LogP contribution in [0.4, 0.5) is 0 Å². The summed E-state index contributed by atoms with van der Waals surface area (Å²) in [6.07, 6.45) is 1.13. The third-order valence-corrected chi connectivity index (χ3v) is 4.96. The molecule has 3 heteroatoms. The standard InChI is InChI=1S/C18H22ClNS/c1-4-10-20-12-16-17(19)6-5-7-18(16)21-15-9-8-13(2)14(3)11-15/h5-9,11,20H,4,10,12H2,1-3H3. The minimum atomic E-state index is 0.820. The molecule has 2 aromatic carbocycles. The van der Waals surface area contributed by atoms with Gasteiger partial charge in [0.15, 0.2) is 0 Å². The van der Waals surface area contributed by atoms with Crippen molar-refractivity contribution in [3.63, 3.8) is 0 Å². The first-order chi connectivity index (χ1) is 10.1. The zero-order chi connectivity index (χ0) is 15.2. The maximum absolute atomic E-state index is 6.38. The Labute approximate surface area is 137 Å². The van der Waals surface area contributed by atoms with E-state index in [0.29, 0.717) is 0 Å². The second kappa shape index (κ2) is 7.88. The number of hydrogen-bond acceptors (Lipinski definition) is 2. The molecule has 0 saturated heterocycles. The first-order valence-electron chi connectivity index (χ1n) is 7.35. The van der Waals surface area contributed by atoms with Crippen LogP contribution in [-0.4, -0.2) is 6.54 Å². The predicted octanol–water partition coefficient (Wildman–Crippen LogP) is 5.61. The summed E-state index contributed by atoms with van der Waals surface area (Å²) >= 11 is 8.16. The Morgan fingerprint density at radius 2 is 1.90 bits per heavy atom. The number of benzene rings is 2. The molecule has 112 valence electrons. The molecule has 0 aliphatic carbocycles. The van der Waals surface area contributed by atoms with Gasteiger partial charge in [-0.25, -0.2) is 0 Å². The van der Waals surface area contributed by atoms with Gasteiger partial charge < -0.3 is 5.32 Å². The summed E-state index contributed by atoms with van der Waals surface area (Å²) < 4.78 is 0. The van der Waals surface area contributed by atoms with Crippen LogP contribution in [0, 0.1) is 13.8 Å². The van der Waals surface area contributed by atoms with Crippen molar-refractivity contribution in [1.29, 1.82) is 0 Å². The number of aryl methyl sites for hydroxylation is 2. The Kier molecular flexibility index (Phi) is 6.16. The van der Waals surface area contributed by atoms with Crippen molar-refractivity contribution in [1.82, 2.24) is 5.32 Å². The molecule has 21 heavy (non-hydrogen) atoms. The fourth-order valence-corrected chi connectivity index (χ4v) is 3.48. The predicted molar refractivity (Wildman–Crippen MR) is 93.5 cm³/mol. The second-order valence-corrected chi connectivity index (χ2v) is 6.76. The van der Waals surface area contributed by atoms with Crippen LogP contribution in [0.5, 0.6) is 0 Å². The van der Waals surface area contributed by atoms with E-state index in [2.05, 4.69) is 50.4 Å². The molecule has 0 radical (unpaired) electrons. The molecule has 2 rings (SSSR count). The van der Waals surface area contributed by atoms with E-state index in [1.54, 1.807) is 11.8 Å². The Bertz CT molecular complexity index is 610. The monoisotopic (exact) mass is 319 g/mol. The van der Waals surface area contributed by atoms with Crippen LogP contribution in [0.1, 0.15) is 30.0 Å². The highest BCUT2D eigenvalue weighted by molar-refractivity contribution is 7.99. The lowest BCUT2D eigenvalue weighted by Gasteiger charge is -2.12. The summed E-state index contributed by atoms with van der Waals surface area (Å²) in [5, 5.41) is 4.28. The van der Waals surface area contributed by atoms with Gasteiger partial charge >= 0.3 is 0 Å². The maximum atomic E-state index is 6.38. The number of halogens is 1. The fourth-order valence-electron chi connectivity index (χ4n) is 2.10. The van der Waals surface area contributed by atoms with Crippen molar-refractivity contribution < 1.29 is 0 Å². The fraction of sp³-hybridized carbons (Fsp3) is 0.333. The van der Waals surface area contributed by atoms with Gasteiger partial charge in [-0.1, -0.05) is 42.4 Å². The molecule has 0 unspecified atom stereocenters. The molecule has 0 saturated carbocycles. The minimum Gasteiger partial charge on any atom is -0.313 e. The molecule has 1 nitrogen and oxygen atoms in total. The normalized spacial score (nSPS) is 10.9. The molecule has 0 bridgehead atoms. The highest BCUT2D eigenvalue weighted by Crippen LogP contribution is 2.34. The zero-order valence-corrected chi connectivity index (χ0v) is 14.4. The molecular formula is C18H22ClNS. The summed E-state index contributed by atoms with van der Waals surface area (Å²) in [5.74, 6) is 0. The molecule has 1 N–H and O–H groups in total. The van der Waals surface area contributed by atoms with E-state index < -0.39 is 0 Å². The lowest BCUT2D eigenvalue weighted by molar-refractivity contribution is 0.669. The van der Waals surface area contributed by atoms with E-state index in [1.807, 2.05) is 12.1 Å². The van der Waals surface area contributed by atoms with Crippen molar-refractivity contribution in [3.8, 4) is 0 Å². The van der Waals surface area contributed by atoms with Gasteiger partial charge in [0, 0.05) is 21.4 Å². The van der Waals surface area contributed by atoms with Gasteiger partial charge in [-0.2, -0.15) is 0 Å². The summed E-state index contributed by atoms with van der Waals surface area (Å²) in [6, 6.07) is 12.7. The van der Waals surface area contributed by atoms with Crippen LogP contribution in [0.2, 0.25) is 5.02 Å². The molecule has 0 amide bonds. The highest BCUT2D eigenvalue weighted by Gasteiger charge is 2.08. The van der Waals surface area contributed by atoms with E-state index in [0.717, 1.165) is 24.5 Å². The first-order valence-corrected chi connectivity index (χ1v) is 8.54. The van der Waals surface area contributed by atoms with E-state index in [-0.39, 0.29) is 0 Å². The number of hydrogen-bond donors (Lipinski definition) is 1. The Balaban J connectivity index is 2.22. The average Bonchev–Trinajstić information content (AvgIpc) is 2.46. The smallest absolute Gasteiger partial charge is 0.0462 e. The SMILES string of the molecule is CCCNCc1c(Cl)cccc1Sc1ccc(C)c(C)c1. The van der Waals surface area contributed by atoms with Crippen LogP contribution >= 0.6 is 23.4 Å². The number of nitrogens with one attached hydrogen (secondary N) is 1. The number of rotatable bonds is 6. The third kappa shape index (κ3) is 4.50. The van der Waals surface area contributed by atoms with E-state index in [1.165, 1.54) is 26.5 Å². The first kappa shape index (κ1) is 16.4. The lowest BCUT2D eigenvalue weighted by Crippen LogP contribution is -2.14. The Hall–Kier alpha value is -0.960. The van der Waals surface area contributed by atoms with Gasteiger partial charge in [0.25, 0.3) is 0 Å². The lowest BCUT2D eigenvalue weighted by atomic mass is 10.1. The molecule has 2 aromatic rings. The van der Waals surface area contributed by atoms with E-state index >= 15 is 0 Å². The van der Waals surface area contributed by atoms with Gasteiger partial charge in [0.1, 0.15) is 0 Å². The minimum absolute atomic E-state index is 0.820. The molecular weight excluding hydrogens is 298 g/mol. The van der Waals surface area contributed by atoms with Crippen LogP contribution in [0.15, 0.2) is 46.2 Å². The van der Waals surface area contributed by atoms with Gasteiger partial charge in [0.05, 0.1) is 0 Å². The van der Waals surface area contributed by atoms with Crippen molar-refractivity contribution in [2.24, 2.45) is 0 Å². The van der Waals surface area contributed by atoms with Gasteiger partial charge in [-0.15, -0.1) is 0 Å². The zero-order valence-electron chi connectivity index (χ0n) is 12.9. The molecule has 0 atom stereocenters. The molecule has 0 aliphatic rings. The summed E-state index contributed by atoms with van der Waals surface area (Å²) in [4.78, 5) is 2.49. The molecule has 0 aliphatic heterocycles. The highest BCUT2D eigenvalue weighted by atomic mass is 35.5. The molecule has 0 heterocycles. The van der Waals surface area contributed by atoms with Crippen LogP contribution in [0.3, 0.4) is 0 Å². The molecule has 0 aromatic heterocycles. The topological polar surface area (TPSA) is 12.0 Å².